The molecule has 13 heteroatoms. The summed E-state index contributed by atoms with van der Waals surface area (Å²) in [7, 11) is 0. The van der Waals surface area contributed by atoms with Gasteiger partial charge in [-0.3, -0.25) is 33.9 Å². The number of aromatic nitrogens is 1. The van der Waals surface area contributed by atoms with E-state index in [1.165, 1.54) is 28.8 Å². The summed E-state index contributed by atoms with van der Waals surface area (Å²) in [5, 5.41) is 10.8. The lowest BCUT2D eigenvalue weighted by atomic mass is 9.83. The van der Waals surface area contributed by atoms with Gasteiger partial charge in [-0.1, -0.05) is 51.2 Å². The molecule has 0 bridgehead atoms. The topological polar surface area (TPSA) is 123 Å². The number of carbonyl (C=O) groups excluding carboxylic acids is 3. The second kappa shape index (κ2) is 10.6. The Hall–Kier alpha value is -3.29. The van der Waals surface area contributed by atoms with Gasteiger partial charge in [0, 0.05) is 40.5 Å². The molecule has 0 radical (unpaired) electrons. The first-order chi connectivity index (χ1) is 19.2. The van der Waals surface area contributed by atoms with E-state index in [0.29, 0.717) is 23.0 Å². The number of piperidine rings is 1. The summed E-state index contributed by atoms with van der Waals surface area (Å²) in [6.45, 7) is 1.21. The number of carbonyl (C=O) groups is 3. The molecule has 40 heavy (non-hydrogen) atoms. The van der Waals surface area contributed by atoms with Crippen molar-refractivity contribution in [3.05, 3.63) is 83.2 Å². The van der Waals surface area contributed by atoms with Crippen LogP contribution in [0.5, 0.6) is 0 Å². The fourth-order valence-electron chi connectivity index (χ4n) is 5.67. The summed E-state index contributed by atoms with van der Waals surface area (Å²) in [5.41, 5.74) is 0.879. The Bertz CT molecular complexity index is 1600. The van der Waals surface area contributed by atoms with Crippen molar-refractivity contribution in [2.24, 2.45) is 5.92 Å². The second-order valence-electron chi connectivity index (χ2n) is 9.95. The van der Waals surface area contributed by atoms with Crippen LogP contribution in [0.25, 0.3) is 0 Å². The highest BCUT2D eigenvalue weighted by Gasteiger charge is 2.57. The number of benzene rings is 2. The highest BCUT2D eigenvalue weighted by molar-refractivity contribution is 9.10. The molecule has 2 saturated heterocycles. The molecule has 4 heterocycles. The number of fused-ring (bicyclic) bond motifs is 2. The number of non-ortho nitro benzene ring substituents is 1. The monoisotopic (exact) mass is 642 g/mol. The Morgan fingerprint density at radius 2 is 1.75 bits per heavy atom. The van der Waals surface area contributed by atoms with E-state index in [0.717, 1.165) is 57.3 Å². The third-order valence-electron chi connectivity index (χ3n) is 7.58. The van der Waals surface area contributed by atoms with Gasteiger partial charge in [0.05, 0.1) is 21.6 Å². The number of imide groups is 1. The summed E-state index contributed by atoms with van der Waals surface area (Å²) in [4.78, 5) is 68.0. The zero-order valence-corrected chi connectivity index (χ0v) is 24.2. The van der Waals surface area contributed by atoms with Crippen molar-refractivity contribution in [1.82, 2.24) is 9.47 Å². The zero-order chi connectivity index (χ0) is 28.1. The molecule has 0 N–H and O–H groups in total. The Morgan fingerprint density at radius 1 is 1.02 bits per heavy atom. The standard InChI is InChI=1S/C27H23BrN4O6S2/c28-16-6-4-5-15(13-16)20-21-22(25(35)31(24(21)34)17-7-9-18(10-8-17)32(37)38)39-26-23(20)40-27(36)30(26)14-19(33)29-11-2-1-3-12-29/h4-10,13,20-22H,1-3,11-12,14H2/t20-,21?,22?/m1/s1. The smallest absolute Gasteiger partial charge is 0.308 e. The number of halogens is 1. The van der Waals surface area contributed by atoms with Crippen molar-refractivity contribution in [2.45, 2.75) is 42.0 Å². The SMILES string of the molecule is O=C(Cn1c2c(sc1=O)[C@H](c1cccc(Br)c1)C1C(=O)N(c3ccc([N+](=O)[O-])cc3)C(=O)C1S2)N1CCCCC1. The highest BCUT2D eigenvalue weighted by atomic mass is 79.9. The summed E-state index contributed by atoms with van der Waals surface area (Å²) in [6, 6.07) is 12.8. The number of thioether (sulfide) groups is 1. The van der Waals surface area contributed by atoms with Crippen LogP contribution in [-0.4, -0.2) is 50.5 Å². The van der Waals surface area contributed by atoms with Gasteiger partial charge in [0.15, 0.2) is 0 Å². The largest absolute Gasteiger partial charge is 0.341 e. The van der Waals surface area contributed by atoms with E-state index in [2.05, 4.69) is 15.9 Å². The molecule has 3 amide bonds. The molecule has 3 aliphatic heterocycles. The van der Waals surface area contributed by atoms with Gasteiger partial charge in [-0.25, -0.2) is 4.90 Å². The van der Waals surface area contributed by atoms with Crippen molar-refractivity contribution in [3.63, 3.8) is 0 Å². The number of nitro groups is 1. The van der Waals surface area contributed by atoms with Crippen molar-refractivity contribution in [2.75, 3.05) is 18.0 Å². The lowest BCUT2D eigenvalue weighted by Gasteiger charge is -2.31. The average molecular weight is 644 g/mol. The van der Waals surface area contributed by atoms with Gasteiger partial charge in [0.1, 0.15) is 11.8 Å². The minimum Gasteiger partial charge on any atom is -0.341 e. The number of nitro benzene ring substituents is 1. The quantitative estimate of drug-likeness (QED) is 0.230. The predicted octanol–water partition coefficient (Wildman–Crippen LogP) is 4.39. The number of anilines is 1. The van der Waals surface area contributed by atoms with E-state index in [4.69, 9.17) is 0 Å². The number of thiazole rings is 1. The summed E-state index contributed by atoms with van der Waals surface area (Å²) in [6.07, 6.45) is 2.94. The maximum Gasteiger partial charge on any atom is 0.308 e. The molecule has 0 spiro atoms. The molecular weight excluding hydrogens is 620 g/mol. The Kier molecular flexibility index (Phi) is 7.13. The van der Waals surface area contributed by atoms with Gasteiger partial charge in [-0.05, 0) is 49.1 Å². The number of nitrogens with zero attached hydrogens (tertiary/aromatic N) is 4. The van der Waals surface area contributed by atoms with E-state index in [1.54, 1.807) is 4.90 Å². The molecule has 3 atom stereocenters. The lowest BCUT2D eigenvalue weighted by molar-refractivity contribution is -0.384. The van der Waals surface area contributed by atoms with Gasteiger partial charge < -0.3 is 4.90 Å². The average Bonchev–Trinajstić information content (AvgIpc) is 3.39. The van der Waals surface area contributed by atoms with Crippen LogP contribution in [-0.2, 0) is 20.9 Å². The van der Waals surface area contributed by atoms with Crippen LogP contribution in [0.3, 0.4) is 0 Å². The first-order valence-electron chi connectivity index (χ1n) is 12.8. The Morgan fingerprint density at radius 3 is 2.42 bits per heavy atom. The van der Waals surface area contributed by atoms with E-state index in [-0.39, 0.29) is 28.7 Å². The maximum absolute atomic E-state index is 13.9. The predicted molar refractivity (Wildman–Crippen MR) is 154 cm³/mol. The van der Waals surface area contributed by atoms with Crippen LogP contribution in [0.2, 0.25) is 0 Å². The van der Waals surface area contributed by atoms with Crippen molar-refractivity contribution in [3.8, 4) is 0 Å². The molecule has 2 aromatic carbocycles. The third kappa shape index (κ3) is 4.59. The van der Waals surface area contributed by atoms with E-state index < -0.39 is 33.8 Å². The number of likely N-dealkylation sites (tertiary alicyclic amines) is 1. The van der Waals surface area contributed by atoms with E-state index in [9.17, 15) is 29.3 Å². The normalized spacial score (nSPS) is 22.3. The van der Waals surface area contributed by atoms with Crippen LogP contribution in [0, 0.1) is 16.0 Å². The second-order valence-corrected chi connectivity index (χ2v) is 13.0. The fourth-order valence-corrected chi connectivity index (χ4v) is 8.86. The zero-order valence-electron chi connectivity index (χ0n) is 21.0. The number of amides is 3. The summed E-state index contributed by atoms with van der Waals surface area (Å²) >= 11 is 5.66. The first kappa shape index (κ1) is 26.9. The Labute approximate surface area is 245 Å². The molecule has 6 rings (SSSR count). The number of rotatable bonds is 5. The third-order valence-corrected chi connectivity index (χ3v) is 10.7. The minimum atomic E-state index is -0.829. The van der Waals surface area contributed by atoms with E-state index in [1.807, 2.05) is 24.3 Å². The van der Waals surface area contributed by atoms with Crippen LogP contribution in [0.4, 0.5) is 11.4 Å². The van der Waals surface area contributed by atoms with Crippen molar-refractivity contribution in [1.29, 1.82) is 0 Å². The lowest BCUT2D eigenvalue weighted by Crippen LogP contribution is -2.39. The molecule has 10 nitrogen and oxygen atoms in total. The maximum atomic E-state index is 13.9. The summed E-state index contributed by atoms with van der Waals surface area (Å²) in [5.74, 6) is -2.39. The molecule has 0 aliphatic carbocycles. The van der Waals surface area contributed by atoms with Crippen LogP contribution >= 0.6 is 39.0 Å². The van der Waals surface area contributed by atoms with Gasteiger partial charge in [-0.15, -0.1) is 0 Å². The highest BCUT2D eigenvalue weighted by Crippen LogP contribution is 2.54. The molecule has 3 aliphatic rings. The van der Waals surface area contributed by atoms with E-state index >= 15 is 0 Å². The fraction of sp³-hybridized carbons (Fsp3) is 0.333. The van der Waals surface area contributed by atoms with Crippen LogP contribution in [0.1, 0.15) is 35.6 Å². The van der Waals surface area contributed by atoms with Gasteiger partial charge in [0.2, 0.25) is 17.7 Å². The molecule has 206 valence electrons. The van der Waals surface area contributed by atoms with Gasteiger partial charge in [-0.2, -0.15) is 0 Å². The van der Waals surface area contributed by atoms with Crippen molar-refractivity contribution < 1.29 is 19.3 Å². The molecular formula is C27H23BrN4O6S2. The molecule has 2 fully saturated rings. The van der Waals surface area contributed by atoms with Crippen molar-refractivity contribution >= 4 is 68.1 Å². The molecule has 2 unspecified atom stereocenters. The van der Waals surface area contributed by atoms with Crippen LogP contribution < -0.4 is 9.77 Å². The molecule has 0 saturated carbocycles. The van der Waals surface area contributed by atoms with Crippen LogP contribution in [0.15, 0.2) is 62.8 Å². The number of hydrogen-bond donors (Lipinski definition) is 0. The number of hydrogen-bond acceptors (Lipinski definition) is 8. The van der Waals surface area contributed by atoms with Gasteiger partial charge >= 0.3 is 4.87 Å². The first-order valence-corrected chi connectivity index (χ1v) is 15.3. The summed E-state index contributed by atoms with van der Waals surface area (Å²) < 4.78 is 2.24. The molecule has 3 aromatic rings. The minimum absolute atomic E-state index is 0.117. The molecule has 1 aromatic heterocycles. The Balaban J connectivity index is 1.42. The van der Waals surface area contributed by atoms with Gasteiger partial charge in [0.25, 0.3) is 5.69 Å².